The number of halogens is 1. The Kier molecular flexibility index (Phi) is 2.49. The Morgan fingerprint density at radius 2 is 1.60 bits per heavy atom. The molecule has 1 aromatic carbocycles. The van der Waals surface area contributed by atoms with E-state index < -0.39 is 6.67 Å². The van der Waals surface area contributed by atoms with Crippen LogP contribution in [-0.4, -0.2) is 7.85 Å². The Bertz CT molecular complexity index is 170. The predicted molar refractivity (Wildman–Crippen MR) is 40.7 cm³/mol. The molecule has 2 heteroatoms. The second-order valence-corrected chi connectivity index (χ2v) is 2.15. The Morgan fingerprint density at radius 1 is 1.10 bits per heavy atom. The normalized spacial score (nSPS) is 9.70. The number of alkyl halides is 1. The zero-order valence-corrected chi connectivity index (χ0v) is 5.68. The van der Waals surface area contributed by atoms with Crippen LogP contribution in [-0.2, 0) is 13.0 Å². The van der Waals surface area contributed by atoms with Crippen molar-refractivity contribution in [2.45, 2.75) is 13.0 Å². The first kappa shape index (κ1) is 7.32. The molecule has 50 valence electrons. The molecule has 1 aromatic rings. The van der Waals surface area contributed by atoms with Gasteiger partial charge in [0.05, 0.1) is 7.85 Å². The van der Waals surface area contributed by atoms with Gasteiger partial charge in [0.2, 0.25) is 0 Å². The average molecular weight is 134 g/mol. The summed E-state index contributed by atoms with van der Waals surface area (Å²) in [7, 11) is 5.35. The van der Waals surface area contributed by atoms with Crippen molar-refractivity contribution < 1.29 is 4.39 Å². The van der Waals surface area contributed by atoms with Crippen LogP contribution in [0.1, 0.15) is 11.1 Å². The van der Waals surface area contributed by atoms with Gasteiger partial charge in [-0.05, 0) is 5.56 Å². The summed E-state index contributed by atoms with van der Waals surface area (Å²) in [5.41, 5.74) is 1.74. The van der Waals surface area contributed by atoms with Gasteiger partial charge in [0.25, 0.3) is 0 Å². The monoisotopic (exact) mass is 134 g/mol. The van der Waals surface area contributed by atoms with Crippen LogP contribution in [0.2, 0.25) is 0 Å². The third kappa shape index (κ3) is 1.60. The number of rotatable bonds is 2. The van der Waals surface area contributed by atoms with E-state index >= 15 is 0 Å². The van der Waals surface area contributed by atoms with E-state index in [1.165, 1.54) is 0 Å². The first-order chi connectivity index (χ1) is 4.86. The van der Waals surface area contributed by atoms with Crippen molar-refractivity contribution >= 4 is 7.85 Å². The summed E-state index contributed by atoms with van der Waals surface area (Å²) < 4.78 is 11.9. The summed E-state index contributed by atoms with van der Waals surface area (Å²) in [5, 5.41) is 0. The fourth-order valence-corrected chi connectivity index (χ4v) is 0.764. The van der Waals surface area contributed by atoms with Gasteiger partial charge in [-0.2, -0.15) is 0 Å². The number of hydrogen-bond acceptors (Lipinski definition) is 0. The van der Waals surface area contributed by atoms with Crippen LogP contribution in [0.4, 0.5) is 4.39 Å². The average Bonchev–Trinajstić information content (AvgIpc) is 2.05. The Hall–Kier alpha value is -0.785. The van der Waals surface area contributed by atoms with E-state index in [9.17, 15) is 4.39 Å². The molecule has 0 spiro atoms. The lowest BCUT2D eigenvalue weighted by molar-refractivity contribution is 0.485. The lowest BCUT2D eigenvalue weighted by atomic mass is 9.96. The zero-order valence-electron chi connectivity index (χ0n) is 5.68. The summed E-state index contributed by atoms with van der Waals surface area (Å²) in [6.45, 7) is -0.398. The molecule has 0 bridgehead atoms. The van der Waals surface area contributed by atoms with Crippen LogP contribution >= 0.6 is 0 Å². The van der Waals surface area contributed by atoms with Crippen LogP contribution in [0.25, 0.3) is 0 Å². The Balaban J connectivity index is 2.80. The van der Waals surface area contributed by atoms with Crippen LogP contribution < -0.4 is 0 Å². The molecular weight excluding hydrogens is 126 g/mol. The maximum Gasteiger partial charge on any atom is 0.115 e. The first-order valence-corrected chi connectivity index (χ1v) is 3.20. The SMILES string of the molecule is [B]Cc1ccc(CF)cc1. The van der Waals surface area contributed by atoms with E-state index in [1.54, 1.807) is 12.1 Å². The van der Waals surface area contributed by atoms with E-state index in [1.807, 2.05) is 12.1 Å². The van der Waals surface area contributed by atoms with Gasteiger partial charge in [-0.3, -0.25) is 0 Å². The summed E-state index contributed by atoms with van der Waals surface area (Å²) in [4.78, 5) is 0. The highest BCUT2D eigenvalue weighted by molar-refractivity contribution is 6.08. The highest BCUT2D eigenvalue weighted by Gasteiger charge is 1.89. The quantitative estimate of drug-likeness (QED) is 0.541. The van der Waals surface area contributed by atoms with E-state index in [0.29, 0.717) is 11.9 Å². The smallest absolute Gasteiger partial charge is 0.115 e. The Labute approximate surface area is 61.5 Å². The molecule has 10 heavy (non-hydrogen) atoms. The molecular formula is C8H8BF. The van der Waals surface area contributed by atoms with Crippen molar-refractivity contribution in [2.75, 3.05) is 0 Å². The third-order valence-electron chi connectivity index (χ3n) is 1.41. The molecule has 0 aliphatic rings. The largest absolute Gasteiger partial charge is 0.246 e. The van der Waals surface area contributed by atoms with E-state index in [0.717, 1.165) is 5.56 Å². The fraction of sp³-hybridized carbons (Fsp3) is 0.250. The summed E-state index contributed by atoms with van der Waals surface area (Å²) in [6, 6.07) is 7.19. The van der Waals surface area contributed by atoms with Crippen molar-refractivity contribution in [3.63, 3.8) is 0 Å². The molecule has 1 rings (SSSR count). The molecule has 0 nitrogen and oxygen atoms in total. The summed E-state index contributed by atoms with van der Waals surface area (Å²) >= 11 is 0. The zero-order chi connectivity index (χ0) is 7.40. The molecule has 0 aliphatic carbocycles. The topological polar surface area (TPSA) is 0 Å². The molecule has 0 fully saturated rings. The number of benzene rings is 1. The molecule has 0 unspecified atom stereocenters. The minimum atomic E-state index is -0.398. The summed E-state index contributed by atoms with van der Waals surface area (Å²) in [6.07, 6.45) is 0.520. The summed E-state index contributed by atoms with van der Waals surface area (Å²) in [5.74, 6) is 0. The van der Waals surface area contributed by atoms with Gasteiger partial charge in [0.1, 0.15) is 6.67 Å². The van der Waals surface area contributed by atoms with Gasteiger partial charge < -0.3 is 0 Å². The van der Waals surface area contributed by atoms with Gasteiger partial charge in [-0.1, -0.05) is 36.1 Å². The molecule has 0 aliphatic heterocycles. The minimum absolute atomic E-state index is 0.398. The molecule has 0 heterocycles. The van der Waals surface area contributed by atoms with Crippen LogP contribution in [0.3, 0.4) is 0 Å². The van der Waals surface area contributed by atoms with Crippen molar-refractivity contribution in [2.24, 2.45) is 0 Å². The molecule has 2 radical (unpaired) electrons. The van der Waals surface area contributed by atoms with Crippen LogP contribution in [0.15, 0.2) is 24.3 Å². The second kappa shape index (κ2) is 3.40. The standard InChI is InChI=1S/C8H8BF/c9-5-7-1-3-8(6-10)4-2-7/h1-4H,5-6H2. The van der Waals surface area contributed by atoms with Crippen LogP contribution in [0.5, 0.6) is 0 Å². The van der Waals surface area contributed by atoms with Crippen molar-refractivity contribution in [3.8, 4) is 0 Å². The molecule has 0 amide bonds. The Morgan fingerprint density at radius 3 is 2.00 bits per heavy atom. The maximum atomic E-state index is 11.9. The van der Waals surface area contributed by atoms with Gasteiger partial charge >= 0.3 is 0 Å². The molecule has 0 saturated heterocycles. The van der Waals surface area contributed by atoms with Crippen molar-refractivity contribution in [3.05, 3.63) is 35.4 Å². The minimum Gasteiger partial charge on any atom is -0.246 e. The predicted octanol–water partition coefficient (Wildman–Crippen LogP) is 1.82. The highest BCUT2D eigenvalue weighted by Crippen LogP contribution is 2.04. The van der Waals surface area contributed by atoms with E-state index in [2.05, 4.69) is 0 Å². The lowest BCUT2D eigenvalue weighted by Gasteiger charge is -1.96. The van der Waals surface area contributed by atoms with Gasteiger partial charge in [0, 0.05) is 0 Å². The van der Waals surface area contributed by atoms with Crippen molar-refractivity contribution in [1.29, 1.82) is 0 Å². The third-order valence-corrected chi connectivity index (χ3v) is 1.41. The van der Waals surface area contributed by atoms with Crippen LogP contribution in [0, 0.1) is 0 Å². The van der Waals surface area contributed by atoms with E-state index in [4.69, 9.17) is 7.85 Å². The number of hydrogen-bond donors (Lipinski definition) is 0. The molecule has 0 atom stereocenters. The molecule has 0 N–H and O–H groups in total. The second-order valence-electron chi connectivity index (χ2n) is 2.15. The lowest BCUT2D eigenvalue weighted by Crippen LogP contribution is -1.83. The first-order valence-electron chi connectivity index (χ1n) is 3.20. The van der Waals surface area contributed by atoms with Crippen molar-refractivity contribution in [1.82, 2.24) is 0 Å². The highest BCUT2D eigenvalue weighted by atomic mass is 19.1. The fourth-order valence-electron chi connectivity index (χ4n) is 0.764. The molecule has 0 aromatic heterocycles. The maximum absolute atomic E-state index is 11.9. The van der Waals surface area contributed by atoms with Gasteiger partial charge in [-0.25, -0.2) is 4.39 Å². The van der Waals surface area contributed by atoms with Gasteiger partial charge in [0.15, 0.2) is 0 Å². The van der Waals surface area contributed by atoms with E-state index in [-0.39, 0.29) is 0 Å². The van der Waals surface area contributed by atoms with Gasteiger partial charge in [-0.15, -0.1) is 0 Å². The molecule has 0 saturated carbocycles.